The molecule has 2 aliphatic rings. The van der Waals surface area contributed by atoms with Crippen molar-refractivity contribution in [2.75, 3.05) is 59.5 Å². The van der Waals surface area contributed by atoms with Crippen LogP contribution in [-0.4, -0.2) is 74.9 Å². The number of hydrogen-bond acceptors (Lipinski definition) is 4. The third-order valence-electron chi connectivity index (χ3n) is 4.46. The summed E-state index contributed by atoms with van der Waals surface area (Å²) in [6, 6.07) is 0. The first kappa shape index (κ1) is 14.3. The third kappa shape index (κ3) is 3.67. The van der Waals surface area contributed by atoms with Crippen molar-refractivity contribution in [1.82, 2.24) is 15.1 Å². The van der Waals surface area contributed by atoms with Crippen molar-refractivity contribution in [1.29, 1.82) is 0 Å². The van der Waals surface area contributed by atoms with Gasteiger partial charge in [0.25, 0.3) is 0 Å². The lowest BCUT2D eigenvalue weighted by Gasteiger charge is -2.43. The molecule has 0 radical (unpaired) electrons. The Morgan fingerprint density at radius 3 is 2.22 bits per heavy atom. The summed E-state index contributed by atoms with van der Waals surface area (Å²) in [5.41, 5.74) is 0.109. The highest BCUT2D eigenvalue weighted by Gasteiger charge is 2.34. The number of nitrogens with one attached hydrogen (secondary N) is 1. The van der Waals surface area contributed by atoms with E-state index in [0.29, 0.717) is 0 Å². The van der Waals surface area contributed by atoms with Crippen LogP contribution >= 0.6 is 0 Å². The zero-order chi connectivity index (χ0) is 12.8. The van der Waals surface area contributed by atoms with Crippen LogP contribution in [0.1, 0.15) is 26.2 Å². The fourth-order valence-corrected chi connectivity index (χ4v) is 3.20. The van der Waals surface area contributed by atoms with E-state index < -0.39 is 0 Å². The molecule has 0 aromatic rings. The van der Waals surface area contributed by atoms with E-state index in [-0.39, 0.29) is 5.60 Å². The summed E-state index contributed by atoms with van der Waals surface area (Å²) in [6.45, 7) is 11.7. The van der Waals surface area contributed by atoms with Gasteiger partial charge in [-0.05, 0) is 38.9 Å². The summed E-state index contributed by atoms with van der Waals surface area (Å²) in [6.07, 6.45) is 3.57. The monoisotopic (exact) mass is 255 g/mol. The molecule has 2 aliphatic heterocycles. The zero-order valence-corrected chi connectivity index (χ0v) is 12.1. The van der Waals surface area contributed by atoms with E-state index in [1.165, 1.54) is 39.1 Å². The number of piperidine rings is 1. The topological polar surface area (TPSA) is 27.7 Å². The van der Waals surface area contributed by atoms with Gasteiger partial charge in [-0.15, -0.1) is 0 Å². The van der Waals surface area contributed by atoms with Gasteiger partial charge >= 0.3 is 0 Å². The van der Waals surface area contributed by atoms with E-state index >= 15 is 0 Å². The molecule has 1 N–H and O–H groups in total. The minimum absolute atomic E-state index is 0.109. The number of methoxy groups -OCH3 is 1. The molecule has 0 atom stereocenters. The summed E-state index contributed by atoms with van der Waals surface area (Å²) in [5, 5.41) is 3.43. The molecular formula is C14H29N3O. The first-order valence-corrected chi connectivity index (χ1v) is 7.48. The second-order valence-corrected chi connectivity index (χ2v) is 5.75. The molecule has 0 unspecified atom stereocenters. The molecule has 106 valence electrons. The summed E-state index contributed by atoms with van der Waals surface area (Å²) in [7, 11) is 1.89. The number of piperazine rings is 1. The van der Waals surface area contributed by atoms with Crippen LogP contribution in [0.2, 0.25) is 0 Å². The van der Waals surface area contributed by atoms with Crippen molar-refractivity contribution in [3.63, 3.8) is 0 Å². The highest BCUT2D eigenvalue weighted by Crippen LogP contribution is 2.24. The van der Waals surface area contributed by atoms with Gasteiger partial charge in [0.15, 0.2) is 0 Å². The van der Waals surface area contributed by atoms with Gasteiger partial charge in [-0.3, -0.25) is 4.90 Å². The normalized spacial score (nSPS) is 26.3. The Kier molecular flexibility index (Phi) is 5.42. The molecule has 2 fully saturated rings. The van der Waals surface area contributed by atoms with Crippen molar-refractivity contribution >= 4 is 0 Å². The highest BCUT2D eigenvalue weighted by atomic mass is 16.5. The van der Waals surface area contributed by atoms with Gasteiger partial charge in [0, 0.05) is 39.8 Å². The first-order valence-electron chi connectivity index (χ1n) is 7.48. The Bertz CT molecular complexity index is 233. The summed E-state index contributed by atoms with van der Waals surface area (Å²) in [4.78, 5) is 5.18. The Morgan fingerprint density at radius 1 is 1.06 bits per heavy atom. The molecule has 0 bridgehead atoms. The molecule has 2 heterocycles. The van der Waals surface area contributed by atoms with Crippen molar-refractivity contribution in [2.24, 2.45) is 0 Å². The van der Waals surface area contributed by atoms with E-state index in [4.69, 9.17) is 4.74 Å². The molecule has 4 nitrogen and oxygen atoms in total. The van der Waals surface area contributed by atoms with Crippen LogP contribution in [0.4, 0.5) is 0 Å². The Hall–Kier alpha value is -0.160. The second-order valence-electron chi connectivity index (χ2n) is 5.75. The van der Waals surface area contributed by atoms with E-state index in [1.54, 1.807) is 0 Å². The molecule has 4 heteroatoms. The maximum Gasteiger partial charge on any atom is 0.0829 e. The lowest BCUT2D eigenvalue weighted by Crippen LogP contribution is -2.55. The quantitative estimate of drug-likeness (QED) is 0.786. The average Bonchev–Trinajstić information content (AvgIpc) is 2.42. The second kappa shape index (κ2) is 6.85. The fourth-order valence-electron chi connectivity index (χ4n) is 3.20. The molecule has 0 aromatic carbocycles. The smallest absolute Gasteiger partial charge is 0.0829 e. The Balaban J connectivity index is 1.79. The van der Waals surface area contributed by atoms with Crippen LogP contribution in [0.25, 0.3) is 0 Å². The van der Waals surface area contributed by atoms with Crippen LogP contribution in [-0.2, 0) is 4.74 Å². The van der Waals surface area contributed by atoms with E-state index in [2.05, 4.69) is 22.0 Å². The largest absolute Gasteiger partial charge is 0.377 e. The number of hydrogen-bond donors (Lipinski definition) is 1. The number of rotatable bonds is 5. The number of nitrogens with zero attached hydrogens (tertiary/aromatic N) is 2. The van der Waals surface area contributed by atoms with Crippen molar-refractivity contribution in [3.05, 3.63) is 0 Å². The highest BCUT2D eigenvalue weighted by molar-refractivity contribution is 4.90. The minimum atomic E-state index is 0.109. The van der Waals surface area contributed by atoms with E-state index in [9.17, 15) is 0 Å². The Labute approximate surface area is 112 Å². The molecule has 0 spiro atoms. The molecule has 0 saturated carbocycles. The van der Waals surface area contributed by atoms with Gasteiger partial charge in [-0.1, -0.05) is 6.92 Å². The molecule has 0 aliphatic carbocycles. The van der Waals surface area contributed by atoms with Crippen molar-refractivity contribution in [3.8, 4) is 0 Å². The molecule has 0 aromatic heterocycles. The van der Waals surface area contributed by atoms with Crippen LogP contribution in [0, 0.1) is 0 Å². The maximum absolute atomic E-state index is 5.86. The van der Waals surface area contributed by atoms with Gasteiger partial charge < -0.3 is 15.0 Å². The summed E-state index contributed by atoms with van der Waals surface area (Å²) in [5.74, 6) is 0. The number of ether oxygens (including phenoxy) is 1. The van der Waals surface area contributed by atoms with Gasteiger partial charge in [-0.25, -0.2) is 0 Å². The van der Waals surface area contributed by atoms with Crippen LogP contribution in [0.3, 0.4) is 0 Å². The minimum Gasteiger partial charge on any atom is -0.377 e. The summed E-state index contributed by atoms with van der Waals surface area (Å²) < 4.78 is 5.86. The third-order valence-corrected chi connectivity index (χ3v) is 4.46. The zero-order valence-electron chi connectivity index (χ0n) is 12.1. The molecule has 0 amide bonds. The van der Waals surface area contributed by atoms with E-state index in [0.717, 1.165) is 32.5 Å². The van der Waals surface area contributed by atoms with Crippen molar-refractivity contribution < 1.29 is 4.74 Å². The van der Waals surface area contributed by atoms with E-state index in [1.807, 2.05) is 7.11 Å². The molecular weight excluding hydrogens is 226 g/mol. The fraction of sp³-hybridized carbons (Fsp3) is 1.00. The average molecular weight is 255 g/mol. The first-order chi connectivity index (χ1) is 8.78. The maximum atomic E-state index is 5.86. The lowest BCUT2D eigenvalue weighted by atomic mass is 9.91. The lowest BCUT2D eigenvalue weighted by molar-refractivity contribution is -0.0634. The van der Waals surface area contributed by atoms with Gasteiger partial charge in [0.2, 0.25) is 0 Å². The molecule has 2 rings (SSSR count). The predicted octanol–water partition coefficient (Wildman–Crippen LogP) is 0.783. The van der Waals surface area contributed by atoms with Crippen LogP contribution in [0.5, 0.6) is 0 Å². The standard InChI is InChI=1S/C14H29N3O/c1-3-8-16-9-11-17(12-10-16)13-14(18-2)4-6-15-7-5-14/h15H,3-13H2,1-2H3. The van der Waals surface area contributed by atoms with Gasteiger partial charge in [-0.2, -0.15) is 0 Å². The van der Waals surface area contributed by atoms with Crippen molar-refractivity contribution in [2.45, 2.75) is 31.8 Å². The van der Waals surface area contributed by atoms with Crippen LogP contribution in [0.15, 0.2) is 0 Å². The predicted molar refractivity (Wildman–Crippen MR) is 75.0 cm³/mol. The summed E-state index contributed by atoms with van der Waals surface area (Å²) >= 11 is 0. The molecule has 18 heavy (non-hydrogen) atoms. The van der Waals surface area contributed by atoms with Gasteiger partial charge in [0.1, 0.15) is 0 Å². The molecule has 2 saturated heterocycles. The van der Waals surface area contributed by atoms with Crippen LogP contribution < -0.4 is 5.32 Å². The van der Waals surface area contributed by atoms with Gasteiger partial charge in [0.05, 0.1) is 5.60 Å². The Morgan fingerprint density at radius 2 is 1.67 bits per heavy atom. The SMILES string of the molecule is CCCN1CCN(CC2(OC)CCNCC2)CC1.